The molecule has 25 heavy (non-hydrogen) atoms. The molecular weight excluding hydrogens is 314 g/mol. The molecule has 0 atom stereocenters. The average Bonchev–Trinajstić information content (AvgIpc) is 3.13. The van der Waals surface area contributed by atoms with Crippen molar-refractivity contribution in [3.63, 3.8) is 0 Å². The topological polar surface area (TPSA) is 67.0 Å². The zero-order chi connectivity index (χ0) is 17.8. The Hall–Kier alpha value is -3.08. The Kier molecular flexibility index (Phi) is 4.84. The maximum absolute atomic E-state index is 12.6. The molecule has 0 bridgehead atoms. The minimum atomic E-state index is -0.198. The number of H-pyrrole nitrogens is 1. The van der Waals surface area contributed by atoms with Gasteiger partial charge in [0.15, 0.2) is 0 Å². The van der Waals surface area contributed by atoms with Gasteiger partial charge in [0.25, 0.3) is 5.91 Å². The van der Waals surface area contributed by atoms with Crippen molar-refractivity contribution in [2.45, 2.75) is 20.3 Å². The van der Waals surface area contributed by atoms with Crippen molar-refractivity contribution in [3.05, 3.63) is 65.4 Å². The predicted molar refractivity (Wildman–Crippen MR) is 99.1 cm³/mol. The Bertz CT molecular complexity index is 882. The van der Waals surface area contributed by atoms with Gasteiger partial charge in [-0.3, -0.25) is 9.89 Å². The van der Waals surface area contributed by atoms with Crippen molar-refractivity contribution in [1.82, 2.24) is 10.2 Å². The molecule has 0 unspecified atom stereocenters. The molecule has 5 nitrogen and oxygen atoms in total. The molecule has 3 rings (SSSR count). The van der Waals surface area contributed by atoms with E-state index in [0.717, 1.165) is 34.5 Å². The van der Waals surface area contributed by atoms with Gasteiger partial charge in [-0.15, -0.1) is 0 Å². The van der Waals surface area contributed by atoms with Gasteiger partial charge < -0.3 is 10.1 Å². The average molecular weight is 335 g/mol. The first-order valence-electron chi connectivity index (χ1n) is 8.22. The molecule has 0 fully saturated rings. The van der Waals surface area contributed by atoms with Gasteiger partial charge in [0.05, 0.1) is 12.8 Å². The van der Waals surface area contributed by atoms with Gasteiger partial charge in [0.1, 0.15) is 11.4 Å². The number of aromatic amines is 1. The van der Waals surface area contributed by atoms with Crippen LogP contribution < -0.4 is 10.1 Å². The van der Waals surface area contributed by atoms with E-state index in [4.69, 9.17) is 4.74 Å². The number of amides is 1. The smallest absolute Gasteiger partial charge is 0.273 e. The summed E-state index contributed by atoms with van der Waals surface area (Å²) in [6.07, 6.45) is 0.858. The van der Waals surface area contributed by atoms with Crippen LogP contribution >= 0.6 is 0 Å². The Morgan fingerprint density at radius 2 is 1.96 bits per heavy atom. The number of ether oxygens (including phenoxy) is 1. The van der Waals surface area contributed by atoms with E-state index >= 15 is 0 Å². The molecule has 1 amide bonds. The molecule has 1 aromatic heterocycles. The van der Waals surface area contributed by atoms with E-state index in [1.165, 1.54) is 0 Å². The molecule has 0 saturated carbocycles. The number of aromatic nitrogens is 2. The normalized spacial score (nSPS) is 10.5. The number of nitrogens with zero attached hydrogens (tertiary/aromatic N) is 1. The number of rotatable bonds is 5. The number of methoxy groups -OCH3 is 1. The van der Waals surface area contributed by atoms with Gasteiger partial charge in [-0.1, -0.05) is 25.1 Å². The van der Waals surface area contributed by atoms with Crippen molar-refractivity contribution in [3.8, 4) is 17.0 Å². The summed E-state index contributed by atoms with van der Waals surface area (Å²) in [6.45, 7) is 4.06. The fourth-order valence-corrected chi connectivity index (χ4v) is 2.73. The molecule has 128 valence electrons. The van der Waals surface area contributed by atoms with E-state index in [0.29, 0.717) is 11.4 Å². The summed E-state index contributed by atoms with van der Waals surface area (Å²) in [5.41, 5.74) is 5.09. The highest BCUT2D eigenvalue weighted by Gasteiger charge is 2.14. The number of hydrogen-bond acceptors (Lipinski definition) is 3. The molecule has 0 aliphatic carbocycles. The largest absolute Gasteiger partial charge is 0.497 e. The number of anilines is 1. The molecule has 3 aromatic rings. The van der Waals surface area contributed by atoms with Gasteiger partial charge in [0.2, 0.25) is 0 Å². The lowest BCUT2D eigenvalue weighted by Gasteiger charge is -2.12. The van der Waals surface area contributed by atoms with Crippen LogP contribution in [0.25, 0.3) is 11.3 Å². The van der Waals surface area contributed by atoms with Crippen molar-refractivity contribution in [1.29, 1.82) is 0 Å². The Morgan fingerprint density at radius 1 is 1.20 bits per heavy atom. The highest BCUT2D eigenvalue weighted by atomic mass is 16.5. The summed E-state index contributed by atoms with van der Waals surface area (Å²) in [5, 5.41) is 10.1. The fourth-order valence-electron chi connectivity index (χ4n) is 2.73. The molecule has 5 heteroatoms. The van der Waals surface area contributed by atoms with Gasteiger partial charge in [-0.2, -0.15) is 5.10 Å². The first-order chi connectivity index (χ1) is 12.1. The molecule has 0 aliphatic heterocycles. The molecule has 1 heterocycles. The van der Waals surface area contributed by atoms with E-state index in [1.54, 1.807) is 13.2 Å². The summed E-state index contributed by atoms with van der Waals surface area (Å²) in [6, 6.07) is 15.3. The van der Waals surface area contributed by atoms with Crippen LogP contribution in [0.5, 0.6) is 5.75 Å². The highest BCUT2D eigenvalue weighted by Crippen LogP contribution is 2.24. The van der Waals surface area contributed by atoms with Gasteiger partial charge >= 0.3 is 0 Å². The lowest BCUT2D eigenvalue weighted by molar-refractivity contribution is 0.102. The predicted octanol–water partition coefficient (Wildman–Crippen LogP) is 4.21. The summed E-state index contributed by atoms with van der Waals surface area (Å²) in [7, 11) is 1.63. The minimum absolute atomic E-state index is 0.198. The SMILES string of the molecule is CCc1cccc(C)c1NC(=O)c1cc(-c2ccc(OC)cc2)n[nH]1. The van der Waals surface area contributed by atoms with Gasteiger partial charge in [0, 0.05) is 11.3 Å². The maximum Gasteiger partial charge on any atom is 0.273 e. The number of hydrogen-bond donors (Lipinski definition) is 2. The van der Waals surface area contributed by atoms with Crippen molar-refractivity contribution >= 4 is 11.6 Å². The third-order valence-corrected chi connectivity index (χ3v) is 4.19. The first kappa shape index (κ1) is 16.8. The molecule has 2 aromatic carbocycles. The van der Waals surface area contributed by atoms with Crippen LogP contribution in [0.4, 0.5) is 5.69 Å². The van der Waals surface area contributed by atoms with Gasteiger partial charge in [-0.25, -0.2) is 0 Å². The Morgan fingerprint density at radius 3 is 2.64 bits per heavy atom. The summed E-state index contributed by atoms with van der Waals surface area (Å²) in [4.78, 5) is 12.6. The molecule has 2 N–H and O–H groups in total. The second-order valence-electron chi connectivity index (χ2n) is 5.81. The molecular formula is C20H21N3O2. The fraction of sp³-hybridized carbons (Fsp3) is 0.200. The van der Waals surface area contributed by atoms with Crippen molar-refractivity contribution in [2.75, 3.05) is 12.4 Å². The maximum atomic E-state index is 12.6. The van der Waals surface area contributed by atoms with Crippen LogP contribution in [0.3, 0.4) is 0 Å². The molecule has 0 radical (unpaired) electrons. The highest BCUT2D eigenvalue weighted by molar-refractivity contribution is 6.04. The van der Waals surface area contributed by atoms with Crippen LogP contribution in [0.15, 0.2) is 48.5 Å². The lowest BCUT2D eigenvalue weighted by atomic mass is 10.1. The van der Waals surface area contributed by atoms with E-state index < -0.39 is 0 Å². The van der Waals surface area contributed by atoms with Crippen molar-refractivity contribution < 1.29 is 9.53 Å². The number of carbonyl (C=O) groups excluding carboxylic acids is 1. The van der Waals surface area contributed by atoms with Crippen LogP contribution in [-0.4, -0.2) is 23.2 Å². The van der Waals surface area contributed by atoms with Crippen LogP contribution in [0.1, 0.15) is 28.5 Å². The van der Waals surface area contributed by atoms with Crippen molar-refractivity contribution in [2.24, 2.45) is 0 Å². The lowest BCUT2D eigenvalue weighted by Crippen LogP contribution is -2.14. The number of nitrogens with one attached hydrogen (secondary N) is 2. The Balaban J connectivity index is 1.81. The number of para-hydroxylation sites is 1. The summed E-state index contributed by atoms with van der Waals surface area (Å²) in [5.74, 6) is 0.583. The summed E-state index contributed by atoms with van der Waals surface area (Å²) >= 11 is 0. The molecule has 0 spiro atoms. The van der Waals surface area contributed by atoms with E-state index in [2.05, 4.69) is 22.4 Å². The quantitative estimate of drug-likeness (QED) is 0.734. The number of benzene rings is 2. The minimum Gasteiger partial charge on any atom is -0.497 e. The molecule has 0 saturated heterocycles. The second-order valence-corrected chi connectivity index (χ2v) is 5.81. The monoisotopic (exact) mass is 335 g/mol. The third kappa shape index (κ3) is 3.55. The zero-order valence-corrected chi connectivity index (χ0v) is 14.6. The first-order valence-corrected chi connectivity index (χ1v) is 8.22. The second kappa shape index (κ2) is 7.21. The summed E-state index contributed by atoms with van der Waals surface area (Å²) < 4.78 is 5.16. The standard InChI is InChI=1S/C20H21N3O2/c1-4-14-7-5-6-13(2)19(14)21-20(24)18-12-17(22-23-18)15-8-10-16(25-3)11-9-15/h5-12H,4H2,1-3H3,(H,21,24)(H,22,23). The van der Waals surface area contributed by atoms with E-state index in [9.17, 15) is 4.79 Å². The molecule has 0 aliphatic rings. The van der Waals surface area contributed by atoms with Gasteiger partial charge in [-0.05, 0) is 54.8 Å². The Labute approximate surface area is 147 Å². The van der Waals surface area contributed by atoms with Crippen LogP contribution in [0.2, 0.25) is 0 Å². The third-order valence-electron chi connectivity index (χ3n) is 4.19. The number of aryl methyl sites for hydroxylation is 2. The number of carbonyl (C=O) groups is 1. The van der Waals surface area contributed by atoms with E-state index in [-0.39, 0.29) is 5.91 Å². The van der Waals surface area contributed by atoms with E-state index in [1.807, 2.05) is 49.4 Å². The van der Waals surface area contributed by atoms with Crippen LogP contribution in [-0.2, 0) is 6.42 Å². The zero-order valence-electron chi connectivity index (χ0n) is 14.6. The van der Waals surface area contributed by atoms with Crippen LogP contribution in [0, 0.1) is 6.92 Å².